The minimum atomic E-state index is 0.169. The molecule has 2 heterocycles. The van der Waals surface area contributed by atoms with Crippen LogP contribution in [0, 0.1) is 5.92 Å². The number of nitrogens with zero attached hydrogens (tertiary/aromatic N) is 1. The van der Waals surface area contributed by atoms with Gasteiger partial charge in [-0.1, -0.05) is 30.4 Å². The molecule has 3 rings (SSSR count). The summed E-state index contributed by atoms with van der Waals surface area (Å²) in [6.45, 7) is 2.68. The third kappa shape index (κ3) is 2.55. The lowest BCUT2D eigenvalue weighted by Gasteiger charge is -2.35. The van der Waals surface area contributed by atoms with E-state index < -0.39 is 0 Å². The van der Waals surface area contributed by atoms with Gasteiger partial charge in [0.25, 0.3) is 0 Å². The molecule has 2 unspecified atom stereocenters. The summed E-state index contributed by atoms with van der Waals surface area (Å²) in [5, 5.41) is 2.99. The molecule has 2 atom stereocenters. The van der Waals surface area contributed by atoms with E-state index in [4.69, 9.17) is 18.0 Å². The normalized spacial score (nSPS) is 26.1. The second kappa shape index (κ2) is 5.50. The fourth-order valence-electron chi connectivity index (χ4n) is 3.29. The number of likely N-dealkylation sites (tertiary alicyclic amines) is 1. The lowest BCUT2D eigenvalue weighted by Crippen LogP contribution is -2.44. The summed E-state index contributed by atoms with van der Waals surface area (Å²) < 4.78 is 0. The molecular weight excluding hydrogens is 270 g/mol. The molecular formula is C15H19N3OS. The first-order valence-corrected chi connectivity index (χ1v) is 7.46. The van der Waals surface area contributed by atoms with Crippen LogP contribution in [-0.4, -0.2) is 34.9 Å². The lowest BCUT2D eigenvalue weighted by atomic mass is 9.91. The molecule has 1 amide bonds. The fraction of sp³-hybridized carbons (Fsp3) is 0.467. The first-order chi connectivity index (χ1) is 9.65. The summed E-state index contributed by atoms with van der Waals surface area (Å²) >= 11 is 5.03. The van der Waals surface area contributed by atoms with E-state index in [9.17, 15) is 4.79 Å². The van der Waals surface area contributed by atoms with Gasteiger partial charge in [-0.3, -0.25) is 9.69 Å². The standard InChI is InChI=1S/C15H19N3OS/c16-14(20)11-4-1-3-10(7-11)9-18-6-2-5-12-13(18)8-17-15(12)19/h1,3-4,7,12-13H,2,5-6,8-9H2,(H2,16,20)(H,17,19). The summed E-state index contributed by atoms with van der Waals surface area (Å²) in [5.74, 6) is 0.388. The maximum atomic E-state index is 11.8. The van der Waals surface area contributed by atoms with E-state index >= 15 is 0 Å². The first-order valence-electron chi connectivity index (χ1n) is 7.05. The Morgan fingerprint density at radius 2 is 2.35 bits per heavy atom. The number of nitrogens with two attached hydrogens (primary N) is 1. The Kier molecular flexibility index (Phi) is 3.72. The topological polar surface area (TPSA) is 58.4 Å². The third-order valence-electron chi connectivity index (χ3n) is 4.31. The van der Waals surface area contributed by atoms with Crippen LogP contribution in [0.2, 0.25) is 0 Å². The van der Waals surface area contributed by atoms with Gasteiger partial charge in [-0.2, -0.15) is 0 Å². The summed E-state index contributed by atoms with van der Waals surface area (Å²) in [6.07, 6.45) is 2.10. The van der Waals surface area contributed by atoms with Gasteiger partial charge >= 0.3 is 0 Å². The summed E-state index contributed by atoms with van der Waals surface area (Å²) in [5.41, 5.74) is 7.80. The first kappa shape index (κ1) is 13.5. The number of amides is 1. The highest BCUT2D eigenvalue weighted by Gasteiger charge is 2.40. The van der Waals surface area contributed by atoms with Gasteiger partial charge in [0.15, 0.2) is 0 Å². The highest BCUT2D eigenvalue weighted by molar-refractivity contribution is 7.80. The van der Waals surface area contributed by atoms with Gasteiger partial charge in [-0.05, 0) is 31.0 Å². The minimum Gasteiger partial charge on any atom is -0.389 e. The van der Waals surface area contributed by atoms with Crippen molar-refractivity contribution in [2.24, 2.45) is 11.7 Å². The molecule has 0 bridgehead atoms. The number of thiocarbonyl (C=S) groups is 1. The lowest BCUT2D eigenvalue weighted by molar-refractivity contribution is -0.124. The van der Waals surface area contributed by atoms with Gasteiger partial charge in [0.1, 0.15) is 4.99 Å². The van der Waals surface area contributed by atoms with Crippen LogP contribution in [0.1, 0.15) is 24.0 Å². The number of piperidine rings is 1. The molecule has 106 valence electrons. The van der Waals surface area contributed by atoms with Gasteiger partial charge in [0, 0.05) is 24.7 Å². The molecule has 20 heavy (non-hydrogen) atoms. The quantitative estimate of drug-likeness (QED) is 0.816. The van der Waals surface area contributed by atoms with Crippen molar-refractivity contribution in [1.82, 2.24) is 10.2 Å². The molecule has 2 aliphatic rings. The number of hydrogen-bond acceptors (Lipinski definition) is 3. The average Bonchev–Trinajstić information content (AvgIpc) is 2.82. The molecule has 0 radical (unpaired) electrons. The molecule has 0 spiro atoms. The van der Waals surface area contributed by atoms with E-state index in [1.807, 2.05) is 12.1 Å². The van der Waals surface area contributed by atoms with Crippen molar-refractivity contribution in [3.8, 4) is 0 Å². The highest BCUT2D eigenvalue weighted by Crippen LogP contribution is 2.28. The van der Waals surface area contributed by atoms with Crippen molar-refractivity contribution in [2.45, 2.75) is 25.4 Å². The number of benzene rings is 1. The zero-order valence-electron chi connectivity index (χ0n) is 11.3. The van der Waals surface area contributed by atoms with Crippen LogP contribution < -0.4 is 11.1 Å². The molecule has 1 aromatic rings. The molecule has 2 fully saturated rings. The Balaban J connectivity index is 1.75. The van der Waals surface area contributed by atoms with E-state index in [1.54, 1.807) is 0 Å². The zero-order chi connectivity index (χ0) is 14.1. The molecule has 1 aromatic carbocycles. The van der Waals surface area contributed by atoms with E-state index in [0.29, 0.717) is 11.0 Å². The third-order valence-corrected chi connectivity index (χ3v) is 4.55. The van der Waals surface area contributed by atoms with E-state index in [1.165, 1.54) is 5.56 Å². The van der Waals surface area contributed by atoms with Crippen molar-refractivity contribution < 1.29 is 4.79 Å². The van der Waals surface area contributed by atoms with Crippen LogP contribution in [0.3, 0.4) is 0 Å². The second-order valence-corrected chi connectivity index (χ2v) is 6.04. The Bertz CT molecular complexity index is 546. The number of rotatable bonds is 3. The fourth-order valence-corrected chi connectivity index (χ4v) is 3.42. The van der Waals surface area contributed by atoms with Crippen LogP contribution in [-0.2, 0) is 11.3 Å². The largest absolute Gasteiger partial charge is 0.389 e. The Morgan fingerprint density at radius 3 is 3.15 bits per heavy atom. The molecule has 0 saturated carbocycles. The van der Waals surface area contributed by atoms with Gasteiger partial charge in [0.05, 0.1) is 5.92 Å². The minimum absolute atomic E-state index is 0.169. The van der Waals surface area contributed by atoms with Crippen LogP contribution in [0.5, 0.6) is 0 Å². The van der Waals surface area contributed by atoms with Crippen molar-refractivity contribution in [3.05, 3.63) is 35.4 Å². The maximum absolute atomic E-state index is 11.8. The average molecular weight is 289 g/mol. The predicted octanol–water partition coefficient (Wildman–Crippen LogP) is 1.03. The van der Waals surface area contributed by atoms with Gasteiger partial charge < -0.3 is 11.1 Å². The Hall–Kier alpha value is -1.46. The van der Waals surface area contributed by atoms with Gasteiger partial charge in [-0.15, -0.1) is 0 Å². The van der Waals surface area contributed by atoms with Crippen LogP contribution in [0.25, 0.3) is 0 Å². The highest BCUT2D eigenvalue weighted by atomic mass is 32.1. The number of carbonyl (C=O) groups is 1. The second-order valence-electron chi connectivity index (χ2n) is 5.60. The van der Waals surface area contributed by atoms with Crippen LogP contribution in [0.15, 0.2) is 24.3 Å². The number of nitrogens with one attached hydrogen (secondary N) is 1. The maximum Gasteiger partial charge on any atom is 0.224 e. The van der Waals surface area contributed by atoms with Crippen LogP contribution >= 0.6 is 12.2 Å². The molecule has 3 N–H and O–H groups in total. The van der Waals surface area contributed by atoms with Crippen molar-refractivity contribution in [2.75, 3.05) is 13.1 Å². The van der Waals surface area contributed by atoms with Crippen molar-refractivity contribution in [1.29, 1.82) is 0 Å². The van der Waals surface area contributed by atoms with Crippen molar-refractivity contribution >= 4 is 23.1 Å². The predicted molar refractivity (Wildman–Crippen MR) is 82.3 cm³/mol. The Morgan fingerprint density at radius 1 is 1.50 bits per heavy atom. The van der Waals surface area contributed by atoms with Crippen molar-refractivity contribution in [3.63, 3.8) is 0 Å². The SMILES string of the molecule is NC(=S)c1cccc(CN2CCCC3C(=O)NCC32)c1. The smallest absolute Gasteiger partial charge is 0.224 e. The van der Waals surface area contributed by atoms with Gasteiger partial charge in [-0.25, -0.2) is 0 Å². The monoisotopic (exact) mass is 289 g/mol. The molecule has 0 aliphatic carbocycles. The summed E-state index contributed by atoms with van der Waals surface area (Å²) in [7, 11) is 0. The molecule has 0 aromatic heterocycles. The number of fused-ring (bicyclic) bond motifs is 1. The molecule has 2 saturated heterocycles. The van der Waals surface area contributed by atoms with E-state index in [-0.39, 0.29) is 11.8 Å². The summed E-state index contributed by atoms with van der Waals surface area (Å²) in [6, 6.07) is 8.41. The molecule has 2 aliphatic heterocycles. The molecule has 4 nitrogen and oxygen atoms in total. The van der Waals surface area contributed by atoms with Crippen LogP contribution in [0.4, 0.5) is 0 Å². The van der Waals surface area contributed by atoms with Gasteiger partial charge in [0.2, 0.25) is 5.91 Å². The summed E-state index contributed by atoms with van der Waals surface area (Å²) in [4.78, 5) is 14.6. The number of hydrogen-bond donors (Lipinski definition) is 2. The van der Waals surface area contributed by atoms with E-state index in [0.717, 1.165) is 38.0 Å². The Labute approximate surface area is 124 Å². The number of carbonyl (C=O) groups excluding carboxylic acids is 1. The molecule has 5 heteroatoms. The van der Waals surface area contributed by atoms with E-state index in [2.05, 4.69) is 22.3 Å². The zero-order valence-corrected chi connectivity index (χ0v) is 12.2.